The lowest BCUT2D eigenvalue weighted by atomic mass is 9.99. The molecule has 0 radical (unpaired) electrons. The minimum absolute atomic E-state index is 0.148. The zero-order chi connectivity index (χ0) is 16.0. The topological polar surface area (TPSA) is 33.4 Å². The molecule has 0 bridgehead atoms. The number of aliphatic hydroxyl groups is 1. The molecule has 2 nitrogen and oxygen atoms in total. The Morgan fingerprint density at radius 3 is 2.10 bits per heavy atom. The number of aliphatic hydroxyl groups excluding tert-OH is 1. The van der Waals surface area contributed by atoms with Gasteiger partial charge in [0.1, 0.15) is 17.4 Å². The fraction of sp³-hybridized carbons (Fsp3) is 0.385. The van der Waals surface area contributed by atoms with E-state index >= 15 is 0 Å². The van der Waals surface area contributed by atoms with Crippen LogP contribution >= 0.6 is 0 Å². The van der Waals surface area contributed by atoms with Gasteiger partial charge in [-0.2, -0.15) is 26.3 Å². The van der Waals surface area contributed by atoms with E-state index in [0.717, 1.165) is 6.07 Å². The molecule has 1 atom stereocenters. The third-order valence-electron chi connectivity index (χ3n) is 3.07. The monoisotopic (exact) mass is 312 g/mol. The van der Waals surface area contributed by atoms with Crippen molar-refractivity contribution in [2.24, 2.45) is 5.92 Å². The molecule has 0 aliphatic carbocycles. The van der Waals surface area contributed by atoms with Gasteiger partial charge in [-0.25, -0.2) is 0 Å². The maximum atomic E-state index is 12.6. The van der Waals surface area contributed by atoms with E-state index in [2.05, 4.69) is 0 Å². The minimum atomic E-state index is -5.63. The number of para-hydroxylation sites is 1. The molecule has 0 saturated carbocycles. The Kier molecular flexibility index (Phi) is 3.69. The van der Waals surface area contributed by atoms with E-state index in [9.17, 15) is 31.4 Å². The van der Waals surface area contributed by atoms with Crippen LogP contribution in [0, 0.1) is 12.8 Å². The van der Waals surface area contributed by atoms with Crippen LogP contribution in [0.5, 0.6) is 0 Å². The molecule has 0 aliphatic heterocycles. The first-order chi connectivity index (χ1) is 9.51. The van der Waals surface area contributed by atoms with Crippen LogP contribution in [0.15, 0.2) is 28.7 Å². The molecular formula is C13H10F6O2. The number of furan rings is 1. The average molecular weight is 312 g/mol. The molecule has 1 aromatic heterocycles. The smallest absolute Gasteiger partial charge is 0.403 e. The van der Waals surface area contributed by atoms with Crippen LogP contribution in [0.4, 0.5) is 26.3 Å². The van der Waals surface area contributed by atoms with Crippen molar-refractivity contribution >= 4 is 11.0 Å². The van der Waals surface area contributed by atoms with Crippen LogP contribution in [0.1, 0.15) is 17.4 Å². The summed E-state index contributed by atoms with van der Waals surface area (Å²) in [5.74, 6) is -4.66. The summed E-state index contributed by atoms with van der Waals surface area (Å²) in [4.78, 5) is 0. The highest BCUT2D eigenvalue weighted by Gasteiger charge is 2.61. The Balaban J connectivity index is 2.49. The van der Waals surface area contributed by atoms with Crippen molar-refractivity contribution in [1.29, 1.82) is 0 Å². The van der Waals surface area contributed by atoms with Gasteiger partial charge in [0.25, 0.3) is 0 Å². The van der Waals surface area contributed by atoms with E-state index in [0.29, 0.717) is 10.9 Å². The number of hydrogen-bond donors (Lipinski definition) is 1. The van der Waals surface area contributed by atoms with Crippen molar-refractivity contribution in [3.63, 3.8) is 0 Å². The molecule has 0 spiro atoms. The van der Waals surface area contributed by atoms with Crippen molar-refractivity contribution in [1.82, 2.24) is 0 Å². The summed E-state index contributed by atoms with van der Waals surface area (Å²) >= 11 is 0. The lowest BCUT2D eigenvalue weighted by molar-refractivity contribution is -0.309. The van der Waals surface area contributed by atoms with E-state index in [4.69, 9.17) is 4.42 Å². The molecule has 8 heteroatoms. The van der Waals surface area contributed by atoms with Crippen molar-refractivity contribution < 1.29 is 35.9 Å². The summed E-state index contributed by atoms with van der Waals surface area (Å²) in [6.45, 7) is 1.59. The Labute approximate surface area is 115 Å². The maximum absolute atomic E-state index is 12.6. The second-order valence-electron chi connectivity index (χ2n) is 4.65. The minimum Gasteiger partial charge on any atom is -0.458 e. The molecule has 1 aromatic carbocycles. The van der Waals surface area contributed by atoms with Gasteiger partial charge in [-0.15, -0.1) is 0 Å². The van der Waals surface area contributed by atoms with Gasteiger partial charge in [-0.3, -0.25) is 0 Å². The van der Waals surface area contributed by atoms with Crippen molar-refractivity contribution in [3.05, 3.63) is 35.6 Å². The average Bonchev–Trinajstić information content (AvgIpc) is 2.70. The quantitative estimate of drug-likeness (QED) is 0.827. The van der Waals surface area contributed by atoms with E-state index in [1.54, 1.807) is 19.1 Å². The summed E-state index contributed by atoms with van der Waals surface area (Å²) < 4.78 is 80.4. The van der Waals surface area contributed by atoms with Gasteiger partial charge in [0.05, 0.1) is 0 Å². The second kappa shape index (κ2) is 4.94. The normalized spacial score (nSPS) is 14.9. The van der Waals surface area contributed by atoms with E-state index in [-0.39, 0.29) is 5.58 Å². The van der Waals surface area contributed by atoms with E-state index < -0.39 is 30.1 Å². The predicted molar refractivity (Wildman–Crippen MR) is 61.5 cm³/mol. The molecule has 21 heavy (non-hydrogen) atoms. The van der Waals surface area contributed by atoms with Gasteiger partial charge < -0.3 is 9.52 Å². The lowest BCUT2D eigenvalue weighted by Crippen LogP contribution is -2.40. The Morgan fingerprint density at radius 1 is 1.05 bits per heavy atom. The van der Waals surface area contributed by atoms with Gasteiger partial charge >= 0.3 is 12.4 Å². The highest BCUT2D eigenvalue weighted by Crippen LogP contribution is 2.47. The maximum Gasteiger partial charge on any atom is 0.403 e. The lowest BCUT2D eigenvalue weighted by Gasteiger charge is -2.26. The molecule has 2 aromatic rings. The van der Waals surface area contributed by atoms with Gasteiger partial charge in [0, 0.05) is 5.39 Å². The summed E-state index contributed by atoms with van der Waals surface area (Å²) in [6, 6.07) is 5.62. The van der Waals surface area contributed by atoms with Crippen LogP contribution in [-0.2, 0) is 0 Å². The third kappa shape index (κ3) is 2.99. The Morgan fingerprint density at radius 2 is 1.62 bits per heavy atom. The number of benzene rings is 1. The highest BCUT2D eigenvalue weighted by molar-refractivity contribution is 5.80. The number of fused-ring (bicyclic) bond motifs is 1. The number of aryl methyl sites for hydroxylation is 1. The number of rotatable bonds is 2. The summed E-state index contributed by atoms with van der Waals surface area (Å²) in [6.07, 6.45) is -14.1. The molecule has 1 N–H and O–H groups in total. The summed E-state index contributed by atoms with van der Waals surface area (Å²) in [5, 5.41) is 9.84. The van der Waals surface area contributed by atoms with Crippen molar-refractivity contribution in [3.8, 4) is 0 Å². The Bertz CT molecular complexity index is 626. The first kappa shape index (κ1) is 15.7. The SMILES string of the molecule is Cc1cccc2cc(C(O)C(C(F)(F)F)C(F)(F)F)oc12. The molecular weight excluding hydrogens is 302 g/mol. The molecule has 0 saturated heterocycles. The molecule has 116 valence electrons. The number of halogens is 6. The number of alkyl halides is 6. The highest BCUT2D eigenvalue weighted by atomic mass is 19.4. The first-order valence-electron chi connectivity index (χ1n) is 5.82. The summed E-state index contributed by atoms with van der Waals surface area (Å²) in [5.41, 5.74) is 0.691. The largest absolute Gasteiger partial charge is 0.458 e. The van der Waals surface area contributed by atoms with E-state index in [1.165, 1.54) is 6.07 Å². The molecule has 0 aliphatic rings. The zero-order valence-corrected chi connectivity index (χ0v) is 10.6. The second-order valence-corrected chi connectivity index (χ2v) is 4.65. The van der Waals surface area contributed by atoms with Crippen LogP contribution in [-0.4, -0.2) is 17.5 Å². The predicted octanol–water partition coefficient (Wildman–Crippen LogP) is 4.52. The third-order valence-corrected chi connectivity index (χ3v) is 3.07. The summed E-state index contributed by atoms with van der Waals surface area (Å²) in [7, 11) is 0. The fourth-order valence-corrected chi connectivity index (χ4v) is 2.08. The number of hydrogen-bond acceptors (Lipinski definition) is 2. The van der Waals surface area contributed by atoms with Gasteiger partial charge in [0.2, 0.25) is 0 Å². The van der Waals surface area contributed by atoms with Gasteiger partial charge in [-0.05, 0) is 18.6 Å². The van der Waals surface area contributed by atoms with Crippen LogP contribution < -0.4 is 0 Å². The molecule has 2 rings (SSSR count). The van der Waals surface area contributed by atoms with Crippen LogP contribution in [0.2, 0.25) is 0 Å². The van der Waals surface area contributed by atoms with Gasteiger partial charge in [0.15, 0.2) is 5.92 Å². The zero-order valence-electron chi connectivity index (χ0n) is 10.6. The molecule has 1 unspecified atom stereocenters. The Hall–Kier alpha value is -1.70. The van der Waals surface area contributed by atoms with Gasteiger partial charge in [-0.1, -0.05) is 18.2 Å². The van der Waals surface area contributed by atoms with Crippen molar-refractivity contribution in [2.45, 2.75) is 25.4 Å². The van der Waals surface area contributed by atoms with Crippen LogP contribution in [0.3, 0.4) is 0 Å². The first-order valence-corrected chi connectivity index (χ1v) is 5.82. The fourth-order valence-electron chi connectivity index (χ4n) is 2.08. The van der Waals surface area contributed by atoms with Crippen LogP contribution in [0.25, 0.3) is 11.0 Å². The van der Waals surface area contributed by atoms with E-state index in [1.807, 2.05) is 0 Å². The van der Waals surface area contributed by atoms with Crippen molar-refractivity contribution in [2.75, 3.05) is 0 Å². The molecule has 0 amide bonds. The molecule has 0 fully saturated rings. The standard InChI is InChI=1S/C13H10F6O2/c1-6-3-2-4-7-5-8(21-10(6)7)9(20)11(12(14,15)16)13(17,18)19/h2-5,9,11,20H,1H3. The molecule has 1 heterocycles.